The quantitative estimate of drug-likeness (QED) is 0.887. The molecule has 112 valence electrons. The van der Waals surface area contributed by atoms with E-state index in [0.29, 0.717) is 12.0 Å². The fourth-order valence-electron chi connectivity index (χ4n) is 3.94. The van der Waals surface area contributed by atoms with Gasteiger partial charge in [-0.3, -0.25) is 4.98 Å². The summed E-state index contributed by atoms with van der Waals surface area (Å²) in [5.74, 6) is 1.56. The third-order valence-corrected chi connectivity index (χ3v) is 5.02. The number of pyridine rings is 1. The number of benzene rings is 1. The molecule has 0 aliphatic heterocycles. The van der Waals surface area contributed by atoms with E-state index >= 15 is 0 Å². The van der Waals surface area contributed by atoms with Gasteiger partial charge in [0.15, 0.2) is 0 Å². The maximum absolute atomic E-state index is 4.94. The maximum atomic E-state index is 4.94. The summed E-state index contributed by atoms with van der Waals surface area (Å²) in [5.41, 5.74) is 3.67. The fourth-order valence-corrected chi connectivity index (χ4v) is 3.94. The van der Waals surface area contributed by atoms with E-state index in [0.717, 1.165) is 11.4 Å². The molecule has 3 atom stereocenters. The summed E-state index contributed by atoms with van der Waals surface area (Å²) in [5, 5.41) is 4.81. The summed E-state index contributed by atoms with van der Waals surface area (Å²) >= 11 is 0. The van der Waals surface area contributed by atoms with Gasteiger partial charge >= 0.3 is 0 Å². The molecule has 0 bridgehead atoms. The summed E-state index contributed by atoms with van der Waals surface area (Å²) in [4.78, 5) is 4.94. The van der Waals surface area contributed by atoms with E-state index in [2.05, 4.69) is 56.5 Å². The van der Waals surface area contributed by atoms with E-state index in [4.69, 9.17) is 4.98 Å². The molecule has 2 heteroatoms. The first-order valence-electron chi connectivity index (χ1n) is 8.22. The average Bonchev–Trinajstić information content (AvgIpc) is 2.48. The second kappa shape index (κ2) is 6.15. The van der Waals surface area contributed by atoms with Crippen LogP contribution in [0.1, 0.15) is 49.9 Å². The number of fused-ring (bicyclic) bond motifs is 1. The van der Waals surface area contributed by atoms with Gasteiger partial charge in [0.2, 0.25) is 0 Å². The Morgan fingerprint density at radius 2 is 2.05 bits per heavy atom. The van der Waals surface area contributed by atoms with Crippen molar-refractivity contribution in [1.82, 2.24) is 10.3 Å². The zero-order chi connectivity index (χ0) is 14.8. The molecule has 3 rings (SSSR count). The molecule has 0 amide bonds. The Balaban J connectivity index is 1.96. The molecule has 2 aromatic rings. The predicted octanol–water partition coefficient (Wildman–Crippen LogP) is 4.63. The third-order valence-electron chi connectivity index (χ3n) is 5.02. The summed E-state index contributed by atoms with van der Waals surface area (Å²) in [6.07, 6.45) is 5.39. The zero-order valence-corrected chi connectivity index (χ0v) is 13.4. The summed E-state index contributed by atoms with van der Waals surface area (Å²) in [6, 6.07) is 11.1. The molecular formula is C19H26N2. The zero-order valence-electron chi connectivity index (χ0n) is 13.4. The Hall–Kier alpha value is -1.41. The van der Waals surface area contributed by atoms with Crippen molar-refractivity contribution in [3.63, 3.8) is 0 Å². The molecule has 1 aliphatic carbocycles. The topological polar surface area (TPSA) is 24.9 Å². The Kier molecular flexibility index (Phi) is 4.25. The number of para-hydroxylation sites is 1. The first-order valence-corrected chi connectivity index (χ1v) is 8.22. The van der Waals surface area contributed by atoms with Crippen molar-refractivity contribution < 1.29 is 0 Å². The van der Waals surface area contributed by atoms with Gasteiger partial charge in [-0.1, -0.05) is 38.0 Å². The molecule has 1 aromatic carbocycles. The number of rotatable bonds is 3. The summed E-state index contributed by atoms with van der Waals surface area (Å²) in [6.45, 7) is 4.58. The number of aryl methyl sites for hydroxylation is 1. The van der Waals surface area contributed by atoms with Crippen LogP contribution in [0.15, 0.2) is 30.3 Å². The van der Waals surface area contributed by atoms with E-state index in [1.165, 1.54) is 42.3 Å². The molecule has 0 spiro atoms. The molecular weight excluding hydrogens is 256 g/mol. The monoisotopic (exact) mass is 282 g/mol. The molecule has 1 aliphatic rings. The molecule has 1 aromatic heterocycles. The number of hydrogen-bond donors (Lipinski definition) is 1. The van der Waals surface area contributed by atoms with E-state index in [1.54, 1.807) is 0 Å². The lowest BCUT2D eigenvalue weighted by Crippen LogP contribution is -2.29. The van der Waals surface area contributed by atoms with Gasteiger partial charge in [-0.25, -0.2) is 0 Å². The molecule has 21 heavy (non-hydrogen) atoms. The van der Waals surface area contributed by atoms with Crippen molar-refractivity contribution in [3.8, 4) is 0 Å². The molecule has 1 fully saturated rings. The van der Waals surface area contributed by atoms with Crippen LogP contribution >= 0.6 is 0 Å². The molecule has 0 saturated heterocycles. The number of hydrogen-bond acceptors (Lipinski definition) is 2. The van der Waals surface area contributed by atoms with Gasteiger partial charge < -0.3 is 5.32 Å². The second-order valence-corrected chi connectivity index (χ2v) is 6.68. The van der Waals surface area contributed by atoms with Crippen LogP contribution < -0.4 is 5.32 Å². The molecule has 1 heterocycles. The fraction of sp³-hybridized carbons (Fsp3) is 0.526. The molecule has 3 unspecified atom stereocenters. The molecule has 1 N–H and O–H groups in total. The van der Waals surface area contributed by atoms with Gasteiger partial charge in [0.1, 0.15) is 0 Å². The lowest BCUT2D eigenvalue weighted by Gasteiger charge is -2.33. The highest BCUT2D eigenvalue weighted by Crippen LogP contribution is 2.37. The second-order valence-electron chi connectivity index (χ2n) is 6.68. The van der Waals surface area contributed by atoms with Gasteiger partial charge in [0.25, 0.3) is 0 Å². The third kappa shape index (κ3) is 2.96. The maximum Gasteiger partial charge on any atom is 0.0708 e. The van der Waals surface area contributed by atoms with Gasteiger partial charge in [-0.15, -0.1) is 0 Å². The van der Waals surface area contributed by atoms with Crippen LogP contribution in [0.25, 0.3) is 10.9 Å². The highest BCUT2D eigenvalue weighted by Gasteiger charge is 2.28. The van der Waals surface area contributed by atoms with Crippen molar-refractivity contribution in [2.75, 3.05) is 7.05 Å². The van der Waals surface area contributed by atoms with Crippen LogP contribution in [0.4, 0.5) is 0 Å². The highest BCUT2D eigenvalue weighted by atomic mass is 14.9. The van der Waals surface area contributed by atoms with Crippen LogP contribution in [-0.2, 0) is 0 Å². The lowest BCUT2D eigenvalue weighted by atomic mass is 9.77. The SMILES string of the molecule is CNC(c1cc(C)c2ccccc2n1)C1CCCC(C)C1. The van der Waals surface area contributed by atoms with E-state index in [1.807, 2.05) is 0 Å². The summed E-state index contributed by atoms with van der Waals surface area (Å²) < 4.78 is 0. The predicted molar refractivity (Wildman–Crippen MR) is 89.4 cm³/mol. The van der Waals surface area contributed by atoms with Crippen LogP contribution in [0.2, 0.25) is 0 Å². The van der Waals surface area contributed by atoms with Gasteiger partial charge in [-0.05, 0) is 56.3 Å². The summed E-state index contributed by atoms with van der Waals surface area (Å²) in [7, 11) is 2.08. The van der Waals surface area contributed by atoms with Crippen molar-refractivity contribution in [2.24, 2.45) is 11.8 Å². The van der Waals surface area contributed by atoms with Crippen molar-refractivity contribution >= 4 is 10.9 Å². The molecule has 2 nitrogen and oxygen atoms in total. The Bertz CT molecular complexity index is 620. The smallest absolute Gasteiger partial charge is 0.0708 e. The molecule has 1 saturated carbocycles. The standard InChI is InChI=1S/C19H26N2/c1-13-7-6-8-15(11-13)19(20-3)18-12-14(2)16-9-4-5-10-17(16)21-18/h4-5,9-10,12-13,15,19-20H,6-8,11H2,1-3H3. The van der Waals surface area contributed by atoms with Crippen LogP contribution in [0.5, 0.6) is 0 Å². The van der Waals surface area contributed by atoms with Gasteiger partial charge in [-0.2, -0.15) is 0 Å². The Labute approximate surface area is 128 Å². The Morgan fingerprint density at radius 1 is 1.24 bits per heavy atom. The minimum atomic E-state index is 0.385. The Morgan fingerprint density at radius 3 is 2.81 bits per heavy atom. The van der Waals surface area contributed by atoms with Gasteiger partial charge in [0.05, 0.1) is 17.3 Å². The largest absolute Gasteiger partial charge is 0.311 e. The van der Waals surface area contributed by atoms with E-state index in [9.17, 15) is 0 Å². The average molecular weight is 282 g/mol. The van der Waals surface area contributed by atoms with Crippen molar-refractivity contribution in [1.29, 1.82) is 0 Å². The van der Waals surface area contributed by atoms with Crippen LogP contribution in [-0.4, -0.2) is 12.0 Å². The van der Waals surface area contributed by atoms with E-state index in [-0.39, 0.29) is 0 Å². The highest BCUT2D eigenvalue weighted by molar-refractivity contribution is 5.82. The number of aromatic nitrogens is 1. The van der Waals surface area contributed by atoms with Crippen LogP contribution in [0, 0.1) is 18.8 Å². The number of nitrogens with one attached hydrogen (secondary N) is 1. The normalized spacial score (nSPS) is 24.1. The molecule has 0 radical (unpaired) electrons. The lowest BCUT2D eigenvalue weighted by molar-refractivity contribution is 0.227. The van der Waals surface area contributed by atoms with Gasteiger partial charge in [0, 0.05) is 5.39 Å². The minimum absolute atomic E-state index is 0.385. The van der Waals surface area contributed by atoms with Crippen LogP contribution in [0.3, 0.4) is 0 Å². The number of nitrogens with zero attached hydrogens (tertiary/aromatic N) is 1. The first-order chi connectivity index (χ1) is 10.2. The minimum Gasteiger partial charge on any atom is -0.311 e. The first kappa shape index (κ1) is 14.5. The van der Waals surface area contributed by atoms with Crippen molar-refractivity contribution in [2.45, 2.75) is 45.6 Å². The van der Waals surface area contributed by atoms with Crippen molar-refractivity contribution in [3.05, 3.63) is 41.6 Å². The van der Waals surface area contributed by atoms with E-state index < -0.39 is 0 Å².